The van der Waals surface area contributed by atoms with Gasteiger partial charge in [0.05, 0.1) is 30.7 Å². The second-order valence-electron chi connectivity index (χ2n) is 8.41. The Balaban J connectivity index is 1.30. The smallest absolute Gasteiger partial charge is 0.387 e. The zero-order chi connectivity index (χ0) is 25.0. The van der Waals surface area contributed by atoms with Gasteiger partial charge in [-0.3, -0.25) is 18.1 Å². The second-order valence-corrected chi connectivity index (χ2v) is 10.4. The summed E-state index contributed by atoms with van der Waals surface area (Å²) in [6.45, 7) is 0.971. The highest BCUT2D eigenvalue weighted by Gasteiger charge is 2.54. The fraction of sp³-hybridized carbons (Fsp3) is 0.450. The highest BCUT2D eigenvalue weighted by atomic mass is 35.5. The number of hydrogen-bond donors (Lipinski definition) is 3. The first-order chi connectivity index (χ1) is 16.6. The summed E-state index contributed by atoms with van der Waals surface area (Å²) in [5, 5.41) is 21.7. The fourth-order valence-electron chi connectivity index (χ4n) is 4.10. The van der Waals surface area contributed by atoms with Gasteiger partial charge in [0.25, 0.3) is 0 Å². The zero-order valence-electron chi connectivity index (χ0n) is 18.3. The number of aromatic nitrogens is 4. The molecule has 0 spiro atoms. The summed E-state index contributed by atoms with van der Waals surface area (Å²) in [5.74, 6) is -0.489. The van der Waals surface area contributed by atoms with Crippen LogP contribution in [0.3, 0.4) is 0 Å². The maximum atomic E-state index is 13.9. The van der Waals surface area contributed by atoms with Gasteiger partial charge in [-0.05, 0) is 24.6 Å². The Morgan fingerprint density at radius 2 is 2.20 bits per heavy atom. The third-order valence-electron chi connectivity index (χ3n) is 5.99. The van der Waals surface area contributed by atoms with Crippen LogP contribution in [-0.2, 0) is 22.9 Å². The first kappa shape index (κ1) is 24.5. The number of aliphatic hydroxyl groups excluding tert-OH is 1. The van der Waals surface area contributed by atoms with Crippen molar-refractivity contribution in [2.24, 2.45) is 0 Å². The van der Waals surface area contributed by atoms with Crippen LogP contribution >= 0.6 is 19.4 Å². The average Bonchev–Trinajstić information content (AvgIpc) is 3.34. The molecule has 1 aromatic carbocycles. The number of phosphoric ester groups is 1. The number of fused-ring (bicyclic) bond motifs is 1. The standard InChI is InChI=1S/C20H22ClFN5O7P/c1-20(29)16(28)14(33-19(20)27-9-26-15-17(23)24-8-25-18(15)27)7-32-35(30)31-5-4-13(34-35)10-2-3-11(21)12(22)6-10/h2-3,6,8-9,13-14,16,19,28-29H,4-5,7H2,1H3,(H2,23,24,25)/t13?,14-,16-,19-,20-,35?/m1/s1. The molecule has 12 nitrogen and oxygen atoms in total. The number of rotatable bonds is 5. The largest absolute Gasteiger partial charge is 0.475 e. The van der Waals surface area contributed by atoms with Crippen molar-refractivity contribution in [3.05, 3.63) is 47.3 Å². The van der Waals surface area contributed by atoms with E-state index in [0.29, 0.717) is 23.1 Å². The summed E-state index contributed by atoms with van der Waals surface area (Å²) < 4.78 is 50.4. The van der Waals surface area contributed by atoms with Crippen LogP contribution in [0.1, 0.15) is 31.2 Å². The molecule has 2 fully saturated rings. The van der Waals surface area contributed by atoms with Crippen molar-refractivity contribution in [3.63, 3.8) is 0 Å². The van der Waals surface area contributed by atoms with Crippen LogP contribution in [-0.4, -0.2) is 60.8 Å². The lowest BCUT2D eigenvalue weighted by Gasteiger charge is -2.30. The first-order valence-corrected chi connectivity index (χ1v) is 12.4. The van der Waals surface area contributed by atoms with Crippen molar-refractivity contribution in [2.75, 3.05) is 18.9 Å². The minimum Gasteiger partial charge on any atom is -0.387 e. The number of nitrogen functional groups attached to an aromatic ring is 1. The highest BCUT2D eigenvalue weighted by Crippen LogP contribution is 2.57. The average molecular weight is 530 g/mol. The van der Waals surface area contributed by atoms with Gasteiger partial charge in [0.2, 0.25) is 0 Å². The SMILES string of the molecule is C[C@@]1(O)[C@H](O)[C@@H](COP2(=O)OCCC(c3ccc(Cl)c(F)c3)O2)O[C@H]1n1cnc2c(N)ncnc21. The number of nitrogens with zero attached hydrogens (tertiary/aromatic N) is 4. The van der Waals surface area contributed by atoms with E-state index in [9.17, 15) is 19.2 Å². The number of anilines is 1. The molecule has 188 valence electrons. The van der Waals surface area contributed by atoms with E-state index < -0.39 is 50.4 Å². The van der Waals surface area contributed by atoms with Gasteiger partial charge in [0.1, 0.15) is 35.5 Å². The summed E-state index contributed by atoms with van der Waals surface area (Å²) in [5.41, 5.74) is 5.04. The molecule has 0 aliphatic carbocycles. The first-order valence-electron chi connectivity index (χ1n) is 10.6. The molecule has 0 saturated carbocycles. The summed E-state index contributed by atoms with van der Waals surface area (Å²) in [4.78, 5) is 12.1. The van der Waals surface area contributed by atoms with Gasteiger partial charge >= 0.3 is 7.82 Å². The van der Waals surface area contributed by atoms with Crippen LogP contribution in [0.2, 0.25) is 5.02 Å². The Labute approximate surface area is 203 Å². The van der Waals surface area contributed by atoms with Gasteiger partial charge in [0, 0.05) is 6.42 Å². The molecule has 0 amide bonds. The Morgan fingerprint density at radius 3 is 2.97 bits per heavy atom. The predicted molar refractivity (Wildman–Crippen MR) is 120 cm³/mol. The highest BCUT2D eigenvalue weighted by molar-refractivity contribution is 7.48. The van der Waals surface area contributed by atoms with Crippen LogP contribution in [0.4, 0.5) is 10.2 Å². The van der Waals surface area contributed by atoms with Crippen LogP contribution in [0, 0.1) is 5.82 Å². The van der Waals surface area contributed by atoms with Crippen LogP contribution in [0.25, 0.3) is 11.2 Å². The molecule has 15 heteroatoms. The number of imidazole rings is 1. The lowest BCUT2D eigenvalue weighted by molar-refractivity contribution is -0.0953. The van der Waals surface area contributed by atoms with E-state index in [4.69, 9.17) is 35.6 Å². The van der Waals surface area contributed by atoms with E-state index >= 15 is 0 Å². The molecule has 4 N–H and O–H groups in total. The third-order valence-corrected chi connectivity index (χ3v) is 7.78. The maximum absolute atomic E-state index is 13.9. The number of phosphoric acid groups is 1. The van der Waals surface area contributed by atoms with Crippen molar-refractivity contribution in [2.45, 2.75) is 43.5 Å². The van der Waals surface area contributed by atoms with Gasteiger partial charge in [-0.15, -0.1) is 0 Å². The summed E-state index contributed by atoms with van der Waals surface area (Å²) >= 11 is 5.73. The van der Waals surface area contributed by atoms with Crippen LogP contribution < -0.4 is 5.73 Å². The van der Waals surface area contributed by atoms with E-state index in [1.165, 1.54) is 36.3 Å². The van der Waals surface area contributed by atoms with Crippen molar-refractivity contribution in [1.82, 2.24) is 19.5 Å². The molecule has 2 aromatic heterocycles. The van der Waals surface area contributed by atoms with Gasteiger partial charge in [-0.1, -0.05) is 17.7 Å². The summed E-state index contributed by atoms with van der Waals surface area (Å²) in [6.07, 6.45) is -1.52. The number of halogens is 2. The fourth-order valence-corrected chi connectivity index (χ4v) is 5.61. The monoisotopic (exact) mass is 529 g/mol. The topological polar surface area (TPSA) is 164 Å². The molecule has 2 unspecified atom stereocenters. The second kappa shape index (κ2) is 9.02. The molecular formula is C20H22ClFN5O7P. The van der Waals surface area contributed by atoms with E-state index in [1.54, 1.807) is 6.07 Å². The van der Waals surface area contributed by atoms with Crippen molar-refractivity contribution < 1.29 is 37.5 Å². The molecular weight excluding hydrogens is 508 g/mol. The molecule has 35 heavy (non-hydrogen) atoms. The molecule has 2 aliphatic heterocycles. The minimum atomic E-state index is -4.09. The summed E-state index contributed by atoms with van der Waals surface area (Å²) in [7, 11) is -4.09. The Hall–Kier alpha value is -2.22. The molecule has 4 heterocycles. The number of hydrogen-bond acceptors (Lipinski definition) is 11. The Morgan fingerprint density at radius 1 is 1.40 bits per heavy atom. The van der Waals surface area contributed by atoms with E-state index in [-0.39, 0.29) is 17.4 Å². The number of ether oxygens (including phenoxy) is 1. The molecule has 0 radical (unpaired) electrons. The molecule has 5 rings (SSSR count). The van der Waals surface area contributed by atoms with Crippen LogP contribution in [0.15, 0.2) is 30.9 Å². The third kappa shape index (κ3) is 4.43. The number of nitrogens with two attached hydrogens (primary N) is 1. The van der Waals surface area contributed by atoms with Crippen LogP contribution in [0.5, 0.6) is 0 Å². The summed E-state index contributed by atoms with van der Waals surface area (Å²) in [6, 6.07) is 4.13. The predicted octanol–water partition coefficient (Wildman–Crippen LogP) is 2.51. The van der Waals surface area contributed by atoms with Crippen molar-refractivity contribution in [1.29, 1.82) is 0 Å². The molecule has 6 atom stereocenters. The van der Waals surface area contributed by atoms with Gasteiger partial charge in [-0.25, -0.2) is 23.9 Å². The lowest BCUT2D eigenvalue weighted by atomic mass is 9.96. The van der Waals surface area contributed by atoms with E-state index in [0.717, 1.165) is 0 Å². The maximum Gasteiger partial charge on any atom is 0.475 e. The normalized spacial score (nSPS) is 33.4. The Kier molecular flexibility index (Phi) is 6.31. The quantitative estimate of drug-likeness (QED) is 0.416. The molecule has 0 bridgehead atoms. The zero-order valence-corrected chi connectivity index (χ0v) is 20.0. The van der Waals surface area contributed by atoms with Gasteiger partial charge in [-0.2, -0.15) is 0 Å². The van der Waals surface area contributed by atoms with E-state index in [1.807, 2.05) is 0 Å². The number of benzene rings is 1. The molecule has 2 saturated heterocycles. The molecule has 3 aromatic rings. The van der Waals surface area contributed by atoms with Gasteiger partial charge in [0.15, 0.2) is 17.7 Å². The van der Waals surface area contributed by atoms with Gasteiger partial charge < -0.3 is 20.7 Å². The molecule has 2 aliphatic rings. The number of aliphatic hydroxyl groups is 2. The Bertz CT molecular complexity index is 1310. The van der Waals surface area contributed by atoms with E-state index in [2.05, 4.69) is 15.0 Å². The van der Waals surface area contributed by atoms with Crippen molar-refractivity contribution >= 4 is 36.4 Å². The minimum absolute atomic E-state index is 0.0305. The van der Waals surface area contributed by atoms with Crippen molar-refractivity contribution in [3.8, 4) is 0 Å². The lowest BCUT2D eigenvalue weighted by Crippen LogP contribution is -2.44.